The van der Waals surface area contributed by atoms with Gasteiger partial charge in [-0.05, 0) is 32.4 Å². The van der Waals surface area contributed by atoms with E-state index in [9.17, 15) is 13.2 Å². The number of hydrogen-bond acceptors (Lipinski definition) is 3. The Labute approximate surface area is 108 Å². The number of nitrogens with one attached hydrogen (secondary N) is 1. The second kappa shape index (κ2) is 5.32. The van der Waals surface area contributed by atoms with Crippen LogP contribution in [0, 0.1) is 0 Å². The van der Waals surface area contributed by atoms with Crippen molar-refractivity contribution in [2.24, 2.45) is 0 Å². The van der Waals surface area contributed by atoms with Gasteiger partial charge >= 0.3 is 6.18 Å². The van der Waals surface area contributed by atoms with Gasteiger partial charge in [0, 0.05) is 12.1 Å². The number of nitrogens with zero attached hydrogens (tertiary/aromatic N) is 1. The van der Waals surface area contributed by atoms with Gasteiger partial charge in [-0.3, -0.25) is 0 Å². The van der Waals surface area contributed by atoms with Crippen LogP contribution in [0.4, 0.5) is 19.0 Å². The van der Waals surface area contributed by atoms with Crippen LogP contribution in [0.15, 0.2) is 12.1 Å². The van der Waals surface area contributed by atoms with Crippen LogP contribution < -0.4 is 5.32 Å². The molecule has 7 heteroatoms. The third kappa shape index (κ3) is 4.34. The third-order valence-electron chi connectivity index (χ3n) is 2.32. The zero-order valence-electron chi connectivity index (χ0n) is 9.98. The highest BCUT2D eigenvalue weighted by molar-refractivity contribution is 6.29. The van der Waals surface area contributed by atoms with Crippen molar-refractivity contribution < 1.29 is 18.3 Å². The third-order valence-corrected chi connectivity index (χ3v) is 2.52. The molecule has 3 nitrogen and oxygen atoms in total. The van der Waals surface area contributed by atoms with Gasteiger partial charge in [-0.25, -0.2) is 4.98 Å². The highest BCUT2D eigenvalue weighted by Crippen LogP contribution is 2.32. The number of aromatic nitrogens is 1. The average Bonchev–Trinajstić information content (AvgIpc) is 2.13. The highest BCUT2D eigenvalue weighted by Gasteiger charge is 2.32. The van der Waals surface area contributed by atoms with Gasteiger partial charge < -0.3 is 10.4 Å². The van der Waals surface area contributed by atoms with E-state index in [1.54, 1.807) is 13.8 Å². The molecule has 1 heterocycles. The Bertz CT molecular complexity index is 421. The summed E-state index contributed by atoms with van der Waals surface area (Å²) in [5.74, 6) is 0.0354. The summed E-state index contributed by atoms with van der Waals surface area (Å²) < 4.78 is 37.7. The van der Waals surface area contributed by atoms with Gasteiger partial charge in [0.1, 0.15) is 11.0 Å². The van der Waals surface area contributed by atoms with Crippen molar-refractivity contribution in [3.8, 4) is 0 Å². The molecule has 0 amide bonds. The summed E-state index contributed by atoms with van der Waals surface area (Å²) in [6.45, 7) is 3.42. The molecule has 0 radical (unpaired) electrons. The van der Waals surface area contributed by atoms with Gasteiger partial charge in [0.25, 0.3) is 0 Å². The summed E-state index contributed by atoms with van der Waals surface area (Å²) in [6.07, 6.45) is -4.09. The smallest absolute Gasteiger partial charge is 0.396 e. The summed E-state index contributed by atoms with van der Waals surface area (Å²) in [5, 5.41) is 11.4. The first kappa shape index (κ1) is 15.0. The Morgan fingerprint density at radius 2 is 1.94 bits per heavy atom. The number of anilines is 1. The lowest BCUT2D eigenvalue weighted by Crippen LogP contribution is -2.32. The molecular formula is C11H14ClF3N2O. The number of aliphatic hydroxyl groups is 1. The molecule has 102 valence electrons. The van der Waals surface area contributed by atoms with Crippen molar-refractivity contribution >= 4 is 17.4 Å². The van der Waals surface area contributed by atoms with E-state index in [1.807, 2.05) is 0 Å². The molecule has 0 saturated carbocycles. The molecule has 0 fully saturated rings. The van der Waals surface area contributed by atoms with E-state index in [0.717, 1.165) is 12.1 Å². The first-order valence-corrected chi connectivity index (χ1v) is 5.66. The van der Waals surface area contributed by atoms with Crippen LogP contribution in [0.25, 0.3) is 0 Å². The van der Waals surface area contributed by atoms with Crippen molar-refractivity contribution in [1.82, 2.24) is 4.98 Å². The molecule has 1 aromatic heterocycles. The van der Waals surface area contributed by atoms with Crippen molar-refractivity contribution in [1.29, 1.82) is 0 Å². The van der Waals surface area contributed by atoms with Gasteiger partial charge in [-0.15, -0.1) is 0 Å². The molecule has 0 aliphatic heterocycles. The minimum Gasteiger partial charge on any atom is -0.396 e. The van der Waals surface area contributed by atoms with Crippen molar-refractivity contribution in [3.63, 3.8) is 0 Å². The van der Waals surface area contributed by atoms with Crippen LogP contribution in [0.1, 0.15) is 25.8 Å². The van der Waals surface area contributed by atoms with Crippen LogP contribution in [-0.4, -0.2) is 22.2 Å². The maximum atomic E-state index is 12.6. The first-order valence-electron chi connectivity index (χ1n) is 5.28. The van der Waals surface area contributed by atoms with Crippen LogP contribution >= 0.6 is 11.6 Å². The Kier molecular flexibility index (Phi) is 4.45. The lowest BCUT2D eigenvalue weighted by atomic mass is 10.0. The summed E-state index contributed by atoms with van der Waals surface area (Å²) in [7, 11) is 0. The fourth-order valence-corrected chi connectivity index (χ4v) is 1.62. The van der Waals surface area contributed by atoms with Crippen LogP contribution in [0.2, 0.25) is 5.15 Å². The maximum absolute atomic E-state index is 12.6. The molecule has 0 aliphatic carbocycles. The van der Waals surface area contributed by atoms with Gasteiger partial charge in [-0.2, -0.15) is 13.2 Å². The lowest BCUT2D eigenvalue weighted by Gasteiger charge is -2.26. The number of halogens is 4. The number of rotatable bonds is 4. The molecule has 1 aromatic rings. The molecule has 0 atom stereocenters. The normalized spacial score (nSPS) is 12.6. The van der Waals surface area contributed by atoms with Gasteiger partial charge in [0.15, 0.2) is 0 Å². The van der Waals surface area contributed by atoms with Crippen molar-refractivity contribution in [2.75, 3.05) is 11.9 Å². The Balaban J connectivity index is 3.00. The molecule has 0 aromatic carbocycles. The maximum Gasteiger partial charge on any atom is 0.416 e. The molecule has 18 heavy (non-hydrogen) atoms. The quantitative estimate of drug-likeness (QED) is 0.833. The van der Waals surface area contributed by atoms with E-state index in [4.69, 9.17) is 16.7 Å². The van der Waals surface area contributed by atoms with E-state index < -0.39 is 17.3 Å². The Morgan fingerprint density at radius 1 is 1.33 bits per heavy atom. The topological polar surface area (TPSA) is 45.1 Å². The Hall–Kier alpha value is -1.01. The fourth-order valence-electron chi connectivity index (χ4n) is 1.41. The van der Waals surface area contributed by atoms with E-state index in [2.05, 4.69) is 10.3 Å². The summed E-state index contributed by atoms with van der Waals surface area (Å²) in [5.41, 5.74) is -1.43. The predicted molar refractivity (Wildman–Crippen MR) is 63.7 cm³/mol. The van der Waals surface area contributed by atoms with E-state index >= 15 is 0 Å². The number of pyridine rings is 1. The van der Waals surface area contributed by atoms with Crippen molar-refractivity contribution in [2.45, 2.75) is 32.0 Å². The van der Waals surface area contributed by atoms with E-state index in [0.29, 0.717) is 6.42 Å². The largest absolute Gasteiger partial charge is 0.416 e. The monoisotopic (exact) mass is 282 g/mol. The van der Waals surface area contributed by atoms with Gasteiger partial charge in [0.2, 0.25) is 0 Å². The van der Waals surface area contributed by atoms with E-state index in [-0.39, 0.29) is 17.6 Å². The van der Waals surface area contributed by atoms with Crippen LogP contribution in [0.5, 0.6) is 0 Å². The first-order chi connectivity index (χ1) is 8.14. The minimum absolute atomic E-state index is 0.0354. The van der Waals surface area contributed by atoms with Crippen LogP contribution in [0.3, 0.4) is 0 Å². The number of alkyl halides is 3. The number of aliphatic hydroxyl groups excluding tert-OH is 1. The fraction of sp³-hybridized carbons (Fsp3) is 0.545. The molecule has 1 rings (SSSR count). The predicted octanol–water partition coefficient (Wildman–Crippen LogP) is 3.33. The Morgan fingerprint density at radius 3 is 2.44 bits per heavy atom. The number of hydrogen-bond donors (Lipinski definition) is 2. The summed E-state index contributed by atoms with van der Waals surface area (Å²) in [6, 6.07) is 1.66. The summed E-state index contributed by atoms with van der Waals surface area (Å²) in [4.78, 5) is 3.79. The molecule has 0 bridgehead atoms. The van der Waals surface area contributed by atoms with Crippen molar-refractivity contribution in [3.05, 3.63) is 22.8 Å². The molecule has 2 N–H and O–H groups in total. The van der Waals surface area contributed by atoms with E-state index in [1.165, 1.54) is 0 Å². The molecule has 0 unspecified atom stereocenters. The van der Waals surface area contributed by atoms with Gasteiger partial charge in [0.05, 0.1) is 5.56 Å². The molecule has 0 spiro atoms. The zero-order chi connectivity index (χ0) is 14.0. The summed E-state index contributed by atoms with van der Waals surface area (Å²) >= 11 is 5.56. The average molecular weight is 283 g/mol. The zero-order valence-corrected chi connectivity index (χ0v) is 10.7. The van der Waals surface area contributed by atoms with Crippen LogP contribution in [-0.2, 0) is 6.18 Å². The second-order valence-corrected chi connectivity index (χ2v) is 4.93. The van der Waals surface area contributed by atoms with Gasteiger partial charge in [-0.1, -0.05) is 11.6 Å². The molecular weight excluding hydrogens is 269 g/mol. The second-order valence-electron chi connectivity index (χ2n) is 4.54. The molecule has 0 saturated heterocycles. The molecule has 0 aliphatic rings. The standard InChI is InChI=1S/C11H14ClF3N2O/c1-10(2,3-4-18)17-9-6-7(11(13,14)15)5-8(12)16-9/h5-6,18H,3-4H2,1-2H3,(H,16,17). The minimum atomic E-state index is -4.47. The lowest BCUT2D eigenvalue weighted by molar-refractivity contribution is -0.137. The highest BCUT2D eigenvalue weighted by atomic mass is 35.5. The SMILES string of the molecule is CC(C)(CCO)Nc1cc(C(F)(F)F)cc(Cl)n1.